The maximum Gasteiger partial charge on any atom is 0.302 e. The normalized spacial score (nSPS) is 38.6. The molecule has 0 unspecified atom stereocenters. The number of carbonyl (C=O) groups excluding carboxylic acids is 2. The lowest BCUT2D eigenvalue weighted by molar-refractivity contribution is -0.231. The van der Waals surface area contributed by atoms with Gasteiger partial charge in [-0.05, 0) is 66.4 Å². The van der Waals surface area contributed by atoms with Crippen LogP contribution >= 0.6 is 34.8 Å². The summed E-state index contributed by atoms with van der Waals surface area (Å²) in [5.74, 6) is -0.355. The minimum absolute atomic E-state index is 0.0115. The van der Waals surface area contributed by atoms with Crippen LogP contribution in [0.2, 0.25) is 15.1 Å². The quantitative estimate of drug-likeness (QED) is 0.107. The molecule has 0 N–H and O–H groups in total. The van der Waals surface area contributed by atoms with Gasteiger partial charge in [-0.2, -0.15) is 0 Å². The van der Waals surface area contributed by atoms with Crippen LogP contribution in [0.25, 0.3) is 5.69 Å². The summed E-state index contributed by atoms with van der Waals surface area (Å²) in [5, 5.41) is 14.3. The van der Waals surface area contributed by atoms with Gasteiger partial charge in [0, 0.05) is 29.1 Å². The first-order valence-electron chi connectivity index (χ1n) is 17.0. The van der Waals surface area contributed by atoms with Crippen LogP contribution < -0.4 is 0 Å². The predicted molar refractivity (Wildman–Crippen MR) is 186 cm³/mol. The summed E-state index contributed by atoms with van der Waals surface area (Å²) in [6.45, 7) is 12.4. The second-order valence-corrected chi connectivity index (χ2v) is 17.1. The Bertz CT molecular complexity index is 1980. The third-order valence-corrected chi connectivity index (χ3v) is 14.2. The number of esters is 1. The lowest BCUT2D eigenvalue weighted by Crippen LogP contribution is -2.70. The topological polar surface area (TPSA) is 121 Å². The van der Waals surface area contributed by atoms with E-state index >= 15 is 0 Å². The molecule has 2 aromatic heterocycles. The highest BCUT2D eigenvalue weighted by atomic mass is 35.5. The van der Waals surface area contributed by atoms with E-state index in [1.54, 1.807) is 36.9 Å². The lowest BCUT2D eigenvalue weighted by atomic mass is 9.36. The van der Waals surface area contributed by atoms with E-state index in [9.17, 15) is 9.59 Å². The Balaban J connectivity index is 1.17. The van der Waals surface area contributed by atoms with Crippen molar-refractivity contribution in [1.82, 2.24) is 15.0 Å². The Morgan fingerprint density at radius 3 is 2.58 bits per heavy atom. The van der Waals surface area contributed by atoms with E-state index in [2.05, 4.69) is 37.2 Å². The molecule has 0 radical (unpaired) electrons. The van der Waals surface area contributed by atoms with Gasteiger partial charge in [0.2, 0.25) is 0 Å². The molecule has 0 bridgehead atoms. The summed E-state index contributed by atoms with van der Waals surface area (Å²) in [4.78, 5) is 32.1. The Kier molecular flexibility index (Phi) is 7.57. The number of hydrogen-bond donors (Lipinski definition) is 0. The first-order chi connectivity index (χ1) is 23.6. The third-order valence-electron chi connectivity index (χ3n) is 13.2. The van der Waals surface area contributed by atoms with Crippen molar-refractivity contribution in [1.29, 1.82) is 0 Å². The third kappa shape index (κ3) is 4.40. The minimum atomic E-state index is -0.714. The van der Waals surface area contributed by atoms with Crippen molar-refractivity contribution in [2.75, 3.05) is 0 Å². The Hall–Kier alpha value is -3.18. The number of benzene rings is 1. The molecule has 3 saturated carbocycles. The number of ketones is 1. The molecule has 5 aliphatic rings. The number of nitrogens with zero attached hydrogens (tertiary/aromatic N) is 4. The number of fused-ring (bicyclic) bond motifs is 3. The van der Waals surface area contributed by atoms with E-state index in [4.69, 9.17) is 58.7 Å². The Morgan fingerprint density at radius 2 is 1.86 bits per heavy atom. The molecule has 4 fully saturated rings. The van der Waals surface area contributed by atoms with Crippen molar-refractivity contribution in [3.63, 3.8) is 0 Å². The van der Waals surface area contributed by atoms with Crippen molar-refractivity contribution in [3.05, 3.63) is 75.4 Å². The number of carbonyl (C=O) groups is 2. The number of oxime groups is 1. The molecule has 1 saturated heterocycles. The van der Waals surface area contributed by atoms with Crippen LogP contribution in [0.4, 0.5) is 0 Å². The zero-order valence-electron chi connectivity index (χ0n) is 28.7. The Labute approximate surface area is 305 Å². The van der Waals surface area contributed by atoms with Crippen molar-refractivity contribution in [2.45, 2.75) is 91.1 Å². The highest BCUT2D eigenvalue weighted by Gasteiger charge is 2.89. The molecule has 13 heteroatoms. The van der Waals surface area contributed by atoms with Gasteiger partial charge in [0.25, 0.3) is 0 Å². The SMILES string of the molecule is CC(=O)O[C@@H]1C[C@H]2C(C)(C)C(=O)C=C[C@]2(C)[C@H]2CC[C@@]3(C)[C@H](c4ccoc4)/C(=N\OCc4cn(-c5cc(Cl)c(Cl)cc5Cl)nn4)[C@H]4O[C@]43[C@@]21C. The highest BCUT2D eigenvalue weighted by Crippen LogP contribution is 2.81. The fourth-order valence-electron chi connectivity index (χ4n) is 11.0. The molecular weight excluding hydrogens is 703 g/mol. The van der Waals surface area contributed by atoms with Crippen LogP contribution in [0.15, 0.2) is 58.6 Å². The largest absolute Gasteiger partial charge is 0.472 e. The van der Waals surface area contributed by atoms with E-state index in [-0.39, 0.29) is 47.6 Å². The molecule has 8 rings (SSSR count). The second kappa shape index (κ2) is 11.2. The zero-order chi connectivity index (χ0) is 35.6. The van der Waals surface area contributed by atoms with Crippen LogP contribution in [0.3, 0.4) is 0 Å². The van der Waals surface area contributed by atoms with Crippen LogP contribution in [0, 0.1) is 33.5 Å². The first-order valence-corrected chi connectivity index (χ1v) is 18.1. The van der Waals surface area contributed by atoms with Crippen LogP contribution in [-0.2, 0) is 30.5 Å². The van der Waals surface area contributed by atoms with Crippen molar-refractivity contribution >= 4 is 52.3 Å². The number of hydrogen-bond acceptors (Lipinski definition) is 9. The van der Waals surface area contributed by atoms with E-state index in [0.717, 1.165) is 24.1 Å². The molecule has 50 heavy (non-hydrogen) atoms. The Morgan fingerprint density at radius 1 is 1.10 bits per heavy atom. The summed E-state index contributed by atoms with van der Waals surface area (Å²) in [6, 6.07) is 5.16. The minimum Gasteiger partial charge on any atom is -0.472 e. The highest BCUT2D eigenvalue weighted by molar-refractivity contribution is 6.43. The van der Waals surface area contributed by atoms with Crippen molar-refractivity contribution < 1.29 is 28.3 Å². The number of epoxide rings is 1. The van der Waals surface area contributed by atoms with E-state index in [0.29, 0.717) is 32.9 Å². The average molecular weight is 742 g/mol. The summed E-state index contributed by atoms with van der Waals surface area (Å²) in [5.41, 5.74) is 0.125. The van der Waals surface area contributed by atoms with Crippen LogP contribution in [-0.4, -0.2) is 50.3 Å². The molecule has 10 nitrogen and oxygen atoms in total. The van der Waals surface area contributed by atoms with Crippen LogP contribution in [0.5, 0.6) is 0 Å². The first kappa shape index (κ1) is 33.9. The number of aromatic nitrogens is 3. The van der Waals surface area contributed by atoms with Crippen LogP contribution in [0.1, 0.15) is 78.0 Å². The molecule has 3 heterocycles. The number of allylic oxidation sites excluding steroid dienone is 2. The summed E-state index contributed by atoms with van der Waals surface area (Å²) < 4.78 is 20.4. The summed E-state index contributed by atoms with van der Waals surface area (Å²) in [7, 11) is 0. The van der Waals surface area contributed by atoms with Gasteiger partial charge in [0.15, 0.2) is 12.4 Å². The van der Waals surface area contributed by atoms with Gasteiger partial charge in [-0.15, -0.1) is 5.10 Å². The predicted octanol–water partition coefficient (Wildman–Crippen LogP) is 8.17. The van der Waals surface area contributed by atoms with Gasteiger partial charge >= 0.3 is 5.97 Å². The van der Waals surface area contributed by atoms with E-state index < -0.39 is 27.9 Å². The number of rotatable bonds is 6. The van der Waals surface area contributed by atoms with Crippen molar-refractivity contribution in [3.8, 4) is 5.69 Å². The molecular formula is C37H39Cl3N4O6. The number of halogens is 3. The maximum atomic E-state index is 13.2. The summed E-state index contributed by atoms with van der Waals surface area (Å²) in [6.07, 6.45) is 10.4. The molecule has 0 amide bonds. The molecule has 264 valence electrons. The fraction of sp³-hybridized carbons (Fsp3) is 0.541. The van der Waals surface area contributed by atoms with E-state index in [1.165, 1.54) is 11.6 Å². The molecule has 1 aliphatic heterocycles. The van der Waals surface area contributed by atoms with Gasteiger partial charge in [0.05, 0.1) is 45.2 Å². The van der Waals surface area contributed by atoms with Gasteiger partial charge in [-0.3, -0.25) is 9.59 Å². The maximum absolute atomic E-state index is 13.2. The fourth-order valence-corrected chi connectivity index (χ4v) is 11.6. The van der Waals surface area contributed by atoms with Crippen molar-refractivity contribution in [2.24, 2.45) is 38.7 Å². The molecule has 3 aromatic rings. The molecule has 1 spiro atoms. The number of ether oxygens (including phenoxy) is 2. The van der Waals surface area contributed by atoms with Gasteiger partial charge in [0.1, 0.15) is 23.5 Å². The monoisotopic (exact) mass is 740 g/mol. The molecule has 1 aromatic carbocycles. The van der Waals surface area contributed by atoms with E-state index in [1.807, 2.05) is 19.9 Å². The van der Waals surface area contributed by atoms with Gasteiger partial charge < -0.3 is 18.7 Å². The van der Waals surface area contributed by atoms with Gasteiger partial charge in [-0.25, -0.2) is 4.68 Å². The zero-order valence-corrected chi connectivity index (χ0v) is 31.0. The molecule has 9 atom stereocenters. The number of furan rings is 1. The molecule has 4 aliphatic carbocycles. The second-order valence-electron chi connectivity index (χ2n) is 15.8. The summed E-state index contributed by atoms with van der Waals surface area (Å²) >= 11 is 18.7. The smallest absolute Gasteiger partial charge is 0.302 e. The standard InChI is InChI=1S/C37H39Cl3N4O6/c1-19(45)49-29-15-27-33(2,3)28(46)8-10-34(27,4)26-7-11-35(5)30(20-9-12-47-17-20)31(32-37(35,50-32)36(26,29)6)42-48-18-21-16-44(43-41-21)25-14-23(39)22(38)13-24(25)40/h8-10,12-14,16-17,26-27,29-30,32H,7,11,15,18H2,1-6H3/b42-31+/t26-,27+,29-,30-,32-,34-,35+,36+,37-/m1/s1. The lowest BCUT2D eigenvalue weighted by Gasteiger charge is -2.67. The van der Waals surface area contributed by atoms with Gasteiger partial charge in [-0.1, -0.05) is 85.9 Å². The average Bonchev–Trinajstić information content (AvgIpc) is 3.31.